The summed E-state index contributed by atoms with van der Waals surface area (Å²) in [6.45, 7) is 0.751. The number of unbranched alkanes of at least 4 members (excludes halogenated alkanes) is 3. The Bertz CT molecular complexity index is 435. The zero-order valence-corrected chi connectivity index (χ0v) is 14.1. The zero-order valence-electron chi connectivity index (χ0n) is 14.1. The Morgan fingerprint density at radius 1 is 1.17 bits per heavy atom. The fourth-order valence-electron chi connectivity index (χ4n) is 3.08. The Kier molecular flexibility index (Phi) is 7.59. The van der Waals surface area contributed by atoms with Crippen molar-refractivity contribution in [3.63, 3.8) is 0 Å². The van der Waals surface area contributed by atoms with Crippen molar-refractivity contribution in [2.75, 3.05) is 13.7 Å². The van der Waals surface area contributed by atoms with Gasteiger partial charge in [-0.2, -0.15) is 0 Å². The van der Waals surface area contributed by atoms with E-state index in [1.807, 2.05) is 0 Å². The molecule has 5 heteroatoms. The minimum absolute atomic E-state index is 0.151. The molecule has 2 rings (SSSR count). The summed E-state index contributed by atoms with van der Waals surface area (Å²) in [5.41, 5.74) is 0.868. The minimum Gasteiger partial charge on any atom is -0.469 e. The van der Waals surface area contributed by atoms with Gasteiger partial charge in [0.2, 0.25) is 0 Å². The number of carbonyl (C=O) groups is 2. The second kappa shape index (κ2) is 9.71. The molecule has 1 heterocycles. The lowest BCUT2D eigenvalue weighted by atomic mass is 10.0. The molecule has 130 valence electrons. The number of ether oxygens (including phenoxy) is 3. The maximum Gasteiger partial charge on any atom is 0.305 e. The predicted octanol–water partition coefficient (Wildman–Crippen LogP) is 3.66. The van der Waals surface area contributed by atoms with Gasteiger partial charge in [0.25, 0.3) is 0 Å². The molecule has 2 aliphatic rings. The number of methoxy groups -OCH3 is 1. The average Bonchev–Trinajstić information content (AvgIpc) is 2.91. The van der Waals surface area contributed by atoms with Gasteiger partial charge in [-0.25, -0.2) is 0 Å². The van der Waals surface area contributed by atoms with E-state index in [1.165, 1.54) is 7.11 Å². The van der Waals surface area contributed by atoms with E-state index in [-0.39, 0.29) is 18.0 Å². The molecule has 0 spiro atoms. The van der Waals surface area contributed by atoms with Crippen molar-refractivity contribution < 1.29 is 23.8 Å². The van der Waals surface area contributed by atoms with Crippen molar-refractivity contribution in [2.24, 2.45) is 0 Å². The van der Waals surface area contributed by atoms with Crippen molar-refractivity contribution in [2.45, 2.75) is 76.9 Å². The minimum atomic E-state index is -0.167. The maximum absolute atomic E-state index is 12.0. The molecular formula is C18H28O5. The van der Waals surface area contributed by atoms with Gasteiger partial charge in [0.1, 0.15) is 5.76 Å². The Labute approximate surface area is 138 Å². The molecule has 0 N–H and O–H groups in total. The smallest absolute Gasteiger partial charge is 0.305 e. The largest absolute Gasteiger partial charge is 0.469 e. The second-order valence-electron chi connectivity index (χ2n) is 6.23. The van der Waals surface area contributed by atoms with Crippen LogP contribution in [0.1, 0.15) is 70.6 Å². The lowest BCUT2D eigenvalue weighted by Crippen LogP contribution is -2.22. The van der Waals surface area contributed by atoms with Crippen LogP contribution in [0.15, 0.2) is 11.3 Å². The predicted molar refractivity (Wildman–Crippen MR) is 85.7 cm³/mol. The van der Waals surface area contributed by atoms with E-state index in [0.29, 0.717) is 12.8 Å². The number of hydrogen-bond acceptors (Lipinski definition) is 5. The van der Waals surface area contributed by atoms with Gasteiger partial charge in [-0.05, 0) is 32.1 Å². The number of carbonyl (C=O) groups excluding carboxylic acids is 2. The van der Waals surface area contributed by atoms with E-state index < -0.39 is 0 Å². The number of allylic oxidation sites excluding steroid dienone is 2. The molecule has 1 fully saturated rings. The quantitative estimate of drug-likeness (QED) is 0.478. The summed E-state index contributed by atoms with van der Waals surface area (Å²) in [5, 5.41) is 0. The topological polar surface area (TPSA) is 61.8 Å². The third kappa shape index (κ3) is 5.98. The molecular weight excluding hydrogens is 296 g/mol. The van der Waals surface area contributed by atoms with E-state index in [4.69, 9.17) is 9.47 Å². The molecule has 0 radical (unpaired) electrons. The first kappa shape index (κ1) is 18.0. The summed E-state index contributed by atoms with van der Waals surface area (Å²) >= 11 is 0. The van der Waals surface area contributed by atoms with Gasteiger partial charge in [0.05, 0.1) is 13.7 Å². The molecule has 0 aromatic rings. The first-order chi connectivity index (χ1) is 11.2. The van der Waals surface area contributed by atoms with Crippen molar-refractivity contribution in [1.29, 1.82) is 0 Å². The highest BCUT2D eigenvalue weighted by molar-refractivity contribution is 5.98. The van der Waals surface area contributed by atoms with Gasteiger partial charge >= 0.3 is 5.97 Å². The molecule has 1 unspecified atom stereocenters. The Morgan fingerprint density at radius 3 is 2.74 bits per heavy atom. The van der Waals surface area contributed by atoms with Crippen molar-refractivity contribution >= 4 is 11.8 Å². The summed E-state index contributed by atoms with van der Waals surface area (Å²) in [7, 11) is 1.41. The summed E-state index contributed by atoms with van der Waals surface area (Å²) < 4.78 is 16.2. The van der Waals surface area contributed by atoms with Crippen LogP contribution in [0, 0.1) is 0 Å². The maximum atomic E-state index is 12.0. The van der Waals surface area contributed by atoms with Crippen LogP contribution in [0.3, 0.4) is 0 Å². The normalized spacial score (nSPS) is 21.6. The number of hydrogen-bond donors (Lipinski definition) is 0. The van der Waals surface area contributed by atoms with Crippen LogP contribution >= 0.6 is 0 Å². The van der Waals surface area contributed by atoms with Gasteiger partial charge in [-0.3, -0.25) is 9.59 Å². The molecule has 1 aliphatic heterocycles. The molecule has 0 aromatic heterocycles. The third-order valence-corrected chi connectivity index (χ3v) is 4.45. The first-order valence-corrected chi connectivity index (χ1v) is 8.81. The Morgan fingerprint density at radius 2 is 2.00 bits per heavy atom. The lowest BCUT2D eigenvalue weighted by Gasteiger charge is -2.24. The van der Waals surface area contributed by atoms with E-state index in [0.717, 1.165) is 75.7 Å². The SMILES string of the molecule is COC(=O)CCCCCCC1=C(OC2CCCCO2)CCC1=O. The van der Waals surface area contributed by atoms with Gasteiger partial charge in [-0.15, -0.1) is 0 Å². The van der Waals surface area contributed by atoms with Crippen LogP contribution in [-0.4, -0.2) is 31.8 Å². The summed E-state index contributed by atoms with van der Waals surface area (Å²) in [4.78, 5) is 23.1. The fourth-order valence-corrected chi connectivity index (χ4v) is 3.08. The van der Waals surface area contributed by atoms with Crippen molar-refractivity contribution in [3.8, 4) is 0 Å². The van der Waals surface area contributed by atoms with Gasteiger partial charge in [-0.1, -0.05) is 12.8 Å². The molecule has 23 heavy (non-hydrogen) atoms. The van der Waals surface area contributed by atoms with Gasteiger partial charge in [0.15, 0.2) is 12.1 Å². The molecule has 0 amide bonds. The van der Waals surface area contributed by atoms with Crippen LogP contribution in [-0.2, 0) is 23.8 Å². The van der Waals surface area contributed by atoms with E-state index in [9.17, 15) is 9.59 Å². The van der Waals surface area contributed by atoms with Crippen LogP contribution in [0.25, 0.3) is 0 Å². The Balaban J connectivity index is 1.70. The molecule has 1 atom stereocenters. The first-order valence-electron chi connectivity index (χ1n) is 8.81. The average molecular weight is 324 g/mol. The number of esters is 1. The van der Waals surface area contributed by atoms with E-state index in [2.05, 4.69) is 4.74 Å². The fraction of sp³-hybridized carbons (Fsp3) is 0.778. The number of ketones is 1. The number of Topliss-reactive ketones (excluding diaryl/α,β-unsaturated/α-hetero) is 1. The highest BCUT2D eigenvalue weighted by Crippen LogP contribution is 2.30. The lowest BCUT2D eigenvalue weighted by molar-refractivity contribution is -0.141. The van der Waals surface area contributed by atoms with Crippen LogP contribution in [0.4, 0.5) is 0 Å². The molecule has 1 aliphatic carbocycles. The molecule has 0 bridgehead atoms. The molecule has 0 saturated carbocycles. The summed E-state index contributed by atoms with van der Waals surface area (Å²) in [6, 6.07) is 0. The van der Waals surface area contributed by atoms with Crippen molar-refractivity contribution in [3.05, 3.63) is 11.3 Å². The third-order valence-electron chi connectivity index (χ3n) is 4.45. The van der Waals surface area contributed by atoms with Crippen LogP contribution in [0.5, 0.6) is 0 Å². The van der Waals surface area contributed by atoms with Gasteiger partial charge < -0.3 is 14.2 Å². The summed E-state index contributed by atoms with van der Waals surface area (Å²) in [6.07, 6.45) is 9.32. The van der Waals surface area contributed by atoms with Crippen LogP contribution in [0.2, 0.25) is 0 Å². The standard InChI is InChI=1S/C18H28O5/c1-21-17(20)9-5-3-2-4-8-14-15(19)11-12-16(14)23-18-10-6-7-13-22-18/h18H,2-13H2,1H3. The second-order valence-corrected chi connectivity index (χ2v) is 6.23. The van der Waals surface area contributed by atoms with Crippen molar-refractivity contribution in [1.82, 2.24) is 0 Å². The van der Waals surface area contributed by atoms with E-state index in [1.54, 1.807) is 0 Å². The monoisotopic (exact) mass is 324 g/mol. The molecule has 1 saturated heterocycles. The molecule has 5 nitrogen and oxygen atoms in total. The number of rotatable bonds is 9. The molecule has 0 aromatic carbocycles. The highest BCUT2D eigenvalue weighted by atomic mass is 16.7. The summed E-state index contributed by atoms with van der Waals surface area (Å²) in [5.74, 6) is 0.934. The van der Waals surface area contributed by atoms with Gasteiger partial charge in [0, 0.05) is 31.3 Å². The van der Waals surface area contributed by atoms with E-state index >= 15 is 0 Å². The zero-order chi connectivity index (χ0) is 16.5. The Hall–Kier alpha value is -1.36. The van der Waals surface area contributed by atoms with Crippen LogP contribution < -0.4 is 0 Å². The highest BCUT2D eigenvalue weighted by Gasteiger charge is 2.26.